The molecule has 1 atom stereocenters. The first-order chi connectivity index (χ1) is 8.21. The van der Waals surface area contributed by atoms with E-state index in [-0.39, 0.29) is 11.3 Å². The van der Waals surface area contributed by atoms with Gasteiger partial charge in [0.25, 0.3) is 0 Å². The maximum absolute atomic E-state index is 11.1. The molecule has 1 rings (SSSR count). The number of nitrogens with zero attached hydrogens (tertiary/aromatic N) is 1. The van der Waals surface area contributed by atoms with E-state index in [1.54, 1.807) is 11.3 Å². The Morgan fingerprint density at radius 2 is 2.11 bits per heavy atom. The highest BCUT2D eigenvalue weighted by molar-refractivity contribution is 7.11. The van der Waals surface area contributed by atoms with E-state index in [1.807, 2.05) is 20.0 Å². The van der Waals surface area contributed by atoms with E-state index in [2.05, 4.69) is 31.1 Å². The average molecular weight is 270 g/mol. The molecule has 1 unspecified atom stereocenters. The molecule has 0 fully saturated rings. The van der Waals surface area contributed by atoms with Gasteiger partial charge in [-0.3, -0.25) is 10.1 Å². The highest BCUT2D eigenvalue weighted by Gasteiger charge is 2.22. The summed E-state index contributed by atoms with van der Waals surface area (Å²) in [6.07, 6.45) is 1.83. The van der Waals surface area contributed by atoms with E-state index in [0.717, 1.165) is 9.88 Å². The average Bonchev–Trinajstić information content (AvgIpc) is 2.64. The summed E-state index contributed by atoms with van der Waals surface area (Å²) in [5, 5.41) is 13.2. The predicted octanol–water partition coefficient (Wildman–Crippen LogP) is 2.64. The minimum atomic E-state index is -0.800. The summed E-state index contributed by atoms with van der Waals surface area (Å²) in [5.41, 5.74) is 0.0488. The Morgan fingerprint density at radius 1 is 1.50 bits per heavy atom. The van der Waals surface area contributed by atoms with Gasteiger partial charge in [-0.05, 0) is 5.92 Å². The number of rotatable bonds is 5. The third-order valence-corrected chi connectivity index (χ3v) is 4.05. The summed E-state index contributed by atoms with van der Waals surface area (Å²) in [5.74, 6) is -0.733. The molecule has 2 N–H and O–H groups in total. The molecule has 5 heteroatoms. The van der Waals surface area contributed by atoms with E-state index >= 15 is 0 Å². The van der Waals surface area contributed by atoms with Crippen LogP contribution in [0.15, 0.2) is 6.20 Å². The van der Waals surface area contributed by atoms with Gasteiger partial charge in [0.05, 0.1) is 5.01 Å². The molecule has 4 nitrogen and oxygen atoms in total. The molecular weight excluding hydrogens is 248 g/mol. The Bertz CT molecular complexity index is 407. The molecule has 1 heterocycles. The second-order valence-corrected chi connectivity index (χ2v) is 6.94. The summed E-state index contributed by atoms with van der Waals surface area (Å²) in [4.78, 5) is 16.5. The molecule has 0 amide bonds. The Kier molecular flexibility index (Phi) is 4.87. The van der Waals surface area contributed by atoms with Crippen molar-refractivity contribution in [2.75, 3.05) is 0 Å². The Morgan fingerprint density at radius 3 is 2.50 bits per heavy atom. The fourth-order valence-electron chi connectivity index (χ4n) is 1.55. The van der Waals surface area contributed by atoms with Crippen molar-refractivity contribution in [2.45, 2.75) is 52.6 Å². The zero-order chi connectivity index (χ0) is 13.9. The smallest absolute Gasteiger partial charge is 0.320 e. The van der Waals surface area contributed by atoms with E-state index < -0.39 is 12.0 Å². The molecule has 0 aliphatic rings. The lowest BCUT2D eigenvalue weighted by Gasteiger charge is -2.17. The lowest BCUT2D eigenvalue weighted by atomic mass is 9.98. The number of carboxylic acids is 1. The first-order valence-electron chi connectivity index (χ1n) is 6.13. The SMILES string of the molecule is CC(C)C(NCc1cnc(C(C)(C)C)s1)C(=O)O. The van der Waals surface area contributed by atoms with Gasteiger partial charge in [0, 0.05) is 23.0 Å². The topological polar surface area (TPSA) is 62.2 Å². The lowest BCUT2D eigenvalue weighted by molar-refractivity contribution is -0.140. The molecule has 0 aromatic carbocycles. The zero-order valence-electron chi connectivity index (χ0n) is 11.7. The third-order valence-electron chi connectivity index (χ3n) is 2.62. The van der Waals surface area contributed by atoms with E-state index in [0.29, 0.717) is 6.54 Å². The number of hydrogen-bond donors (Lipinski definition) is 2. The quantitative estimate of drug-likeness (QED) is 0.863. The van der Waals surface area contributed by atoms with Gasteiger partial charge in [-0.1, -0.05) is 34.6 Å². The second-order valence-electron chi connectivity index (χ2n) is 5.82. The molecular formula is C13H22N2O2S. The molecule has 1 aromatic heterocycles. The van der Waals surface area contributed by atoms with Crippen molar-refractivity contribution in [2.24, 2.45) is 5.92 Å². The molecule has 102 valence electrons. The van der Waals surface area contributed by atoms with Gasteiger partial charge in [0.15, 0.2) is 0 Å². The van der Waals surface area contributed by atoms with Crippen LogP contribution in [0.1, 0.15) is 44.5 Å². The Hall–Kier alpha value is -0.940. The van der Waals surface area contributed by atoms with Crippen LogP contribution in [0.3, 0.4) is 0 Å². The summed E-state index contributed by atoms with van der Waals surface area (Å²) in [7, 11) is 0. The first-order valence-corrected chi connectivity index (χ1v) is 6.95. The van der Waals surface area contributed by atoms with Crippen LogP contribution in [-0.4, -0.2) is 22.1 Å². The largest absolute Gasteiger partial charge is 0.480 e. The van der Waals surface area contributed by atoms with E-state index in [4.69, 9.17) is 5.11 Å². The molecule has 18 heavy (non-hydrogen) atoms. The Balaban J connectivity index is 2.63. The van der Waals surface area contributed by atoms with E-state index in [1.165, 1.54) is 0 Å². The summed E-state index contributed by atoms with van der Waals surface area (Å²) in [6.45, 7) is 10.7. The monoisotopic (exact) mass is 270 g/mol. The van der Waals surface area contributed by atoms with Crippen LogP contribution in [0.5, 0.6) is 0 Å². The standard InChI is InChI=1S/C13H22N2O2S/c1-8(2)10(11(16)17)14-6-9-7-15-12(18-9)13(3,4)5/h7-8,10,14H,6H2,1-5H3,(H,16,17). The van der Waals surface area contributed by atoms with Crippen molar-refractivity contribution in [3.05, 3.63) is 16.1 Å². The minimum absolute atomic E-state index is 0.0488. The summed E-state index contributed by atoms with van der Waals surface area (Å²) < 4.78 is 0. The summed E-state index contributed by atoms with van der Waals surface area (Å²) in [6, 6.07) is -0.509. The fraction of sp³-hybridized carbons (Fsp3) is 0.692. The molecule has 0 radical (unpaired) electrons. The normalized spacial score (nSPS) is 13.9. The summed E-state index contributed by atoms with van der Waals surface area (Å²) >= 11 is 1.64. The van der Waals surface area contributed by atoms with Gasteiger partial charge in [-0.15, -0.1) is 11.3 Å². The van der Waals surface area contributed by atoms with Crippen LogP contribution in [0, 0.1) is 5.92 Å². The number of carboxylic acid groups (broad SMARTS) is 1. The third kappa shape index (κ3) is 4.07. The lowest BCUT2D eigenvalue weighted by Crippen LogP contribution is -2.40. The minimum Gasteiger partial charge on any atom is -0.480 e. The molecule has 1 aromatic rings. The molecule has 0 spiro atoms. The number of aromatic nitrogens is 1. The zero-order valence-corrected chi connectivity index (χ0v) is 12.5. The molecule has 0 bridgehead atoms. The fourth-order valence-corrected chi connectivity index (χ4v) is 2.48. The predicted molar refractivity (Wildman–Crippen MR) is 73.9 cm³/mol. The van der Waals surface area contributed by atoms with Crippen molar-refractivity contribution in [3.8, 4) is 0 Å². The number of nitrogens with one attached hydrogen (secondary N) is 1. The van der Waals surface area contributed by atoms with Crippen LogP contribution in [-0.2, 0) is 16.8 Å². The van der Waals surface area contributed by atoms with Gasteiger partial charge in [-0.25, -0.2) is 4.98 Å². The number of aliphatic carboxylic acids is 1. The Labute approximate surface area is 112 Å². The highest BCUT2D eigenvalue weighted by Crippen LogP contribution is 2.26. The van der Waals surface area contributed by atoms with Crippen molar-refractivity contribution in [3.63, 3.8) is 0 Å². The van der Waals surface area contributed by atoms with Crippen LogP contribution in [0.4, 0.5) is 0 Å². The van der Waals surface area contributed by atoms with Crippen molar-refractivity contribution in [1.82, 2.24) is 10.3 Å². The molecule has 0 saturated carbocycles. The van der Waals surface area contributed by atoms with E-state index in [9.17, 15) is 4.79 Å². The van der Waals surface area contributed by atoms with Crippen LogP contribution < -0.4 is 5.32 Å². The van der Waals surface area contributed by atoms with Gasteiger partial charge < -0.3 is 5.11 Å². The van der Waals surface area contributed by atoms with Crippen LogP contribution in [0.25, 0.3) is 0 Å². The van der Waals surface area contributed by atoms with Gasteiger partial charge in [0.2, 0.25) is 0 Å². The number of hydrogen-bond acceptors (Lipinski definition) is 4. The molecule has 0 saturated heterocycles. The van der Waals surface area contributed by atoms with Gasteiger partial charge >= 0.3 is 5.97 Å². The number of thiazole rings is 1. The first kappa shape index (κ1) is 15.1. The van der Waals surface area contributed by atoms with Crippen LogP contribution in [0.2, 0.25) is 0 Å². The van der Waals surface area contributed by atoms with Crippen LogP contribution >= 0.6 is 11.3 Å². The van der Waals surface area contributed by atoms with Gasteiger partial charge in [0.1, 0.15) is 6.04 Å². The van der Waals surface area contributed by atoms with Crippen molar-refractivity contribution >= 4 is 17.3 Å². The molecule has 0 aliphatic heterocycles. The molecule has 0 aliphatic carbocycles. The van der Waals surface area contributed by atoms with Gasteiger partial charge in [-0.2, -0.15) is 0 Å². The van der Waals surface area contributed by atoms with Crippen molar-refractivity contribution in [1.29, 1.82) is 0 Å². The van der Waals surface area contributed by atoms with Crippen molar-refractivity contribution < 1.29 is 9.90 Å². The number of carbonyl (C=O) groups is 1. The highest BCUT2D eigenvalue weighted by atomic mass is 32.1. The second kappa shape index (κ2) is 5.80. The maximum Gasteiger partial charge on any atom is 0.320 e. The maximum atomic E-state index is 11.1.